The minimum absolute atomic E-state index is 0.149. The molecule has 0 bridgehead atoms. The first-order valence-electron chi connectivity index (χ1n) is 9.05. The van der Waals surface area contributed by atoms with Crippen LogP contribution in [-0.2, 0) is 14.8 Å². The first kappa shape index (κ1) is 21.1. The maximum absolute atomic E-state index is 13.0. The fourth-order valence-corrected chi connectivity index (χ4v) is 4.81. The molecular formula is C20H22N4O3S2. The number of carbonyl (C=O) groups excluding carboxylic acids is 1. The molecule has 0 saturated carbocycles. The van der Waals surface area contributed by atoms with Gasteiger partial charge in [0.2, 0.25) is 15.4 Å². The Balaban J connectivity index is 1.92. The van der Waals surface area contributed by atoms with E-state index < -0.39 is 16.1 Å². The molecule has 0 radical (unpaired) electrons. The zero-order valence-corrected chi connectivity index (χ0v) is 17.9. The number of hydrogen-bond acceptors (Lipinski definition) is 6. The van der Waals surface area contributed by atoms with Gasteiger partial charge < -0.3 is 5.32 Å². The average Bonchev–Trinajstić information content (AvgIpc) is 3.17. The van der Waals surface area contributed by atoms with Gasteiger partial charge in [-0.05, 0) is 23.6 Å². The molecule has 2 N–H and O–H groups in total. The van der Waals surface area contributed by atoms with Crippen LogP contribution in [0.15, 0.2) is 58.9 Å². The van der Waals surface area contributed by atoms with Crippen molar-refractivity contribution in [1.82, 2.24) is 14.9 Å². The summed E-state index contributed by atoms with van der Waals surface area (Å²) in [5.74, 6) is -0.499. The fraction of sp³-hybridized carbons (Fsp3) is 0.250. The van der Waals surface area contributed by atoms with E-state index in [1.165, 1.54) is 0 Å². The maximum Gasteiger partial charge on any atom is 0.270 e. The topological polar surface area (TPSA) is 101 Å². The summed E-state index contributed by atoms with van der Waals surface area (Å²) in [7, 11) is -3.96. The van der Waals surface area contributed by atoms with Crippen LogP contribution in [0.5, 0.6) is 0 Å². The second-order valence-electron chi connectivity index (χ2n) is 6.84. The van der Waals surface area contributed by atoms with E-state index in [0.29, 0.717) is 0 Å². The Morgan fingerprint density at radius 1 is 1.00 bits per heavy atom. The van der Waals surface area contributed by atoms with E-state index >= 15 is 0 Å². The number of aromatic nitrogens is 2. The lowest BCUT2D eigenvalue weighted by atomic mass is 9.96. The molecular weight excluding hydrogens is 408 g/mol. The first-order valence-corrected chi connectivity index (χ1v) is 11.3. The van der Waals surface area contributed by atoms with Gasteiger partial charge in [-0.3, -0.25) is 4.79 Å². The van der Waals surface area contributed by atoms with E-state index in [0.717, 1.165) is 28.0 Å². The predicted octanol–water partition coefficient (Wildman–Crippen LogP) is 3.51. The van der Waals surface area contributed by atoms with Gasteiger partial charge in [-0.15, -0.1) is 10.2 Å². The normalized spacial score (nSPS) is 12.7. The van der Waals surface area contributed by atoms with Gasteiger partial charge in [0.1, 0.15) is 0 Å². The first-order chi connectivity index (χ1) is 13.8. The van der Waals surface area contributed by atoms with Crippen molar-refractivity contribution < 1.29 is 13.2 Å². The second kappa shape index (κ2) is 8.81. The number of rotatable bonds is 7. The molecule has 2 aromatic carbocycles. The lowest BCUT2D eigenvalue weighted by Crippen LogP contribution is -2.30. The maximum atomic E-state index is 13.0. The highest BCUT2D eigenvalue weighted by atomic mass is 32.2. The second-order valence-corrected chi connectivity index (χ2v) is 9.70. The van der Waals surface area contributed by atoms with Crippen molar-refractivity contribution in [1.29, 1.82) is 0 Å². The van der Waals surface area contributed by atoms with Crippen LogP contribution in [-0.4, -0.2) is 24.5 Å². The molecule has 152 valence electrons. The number of sulfonamides is 1. The highest BCUT2D eigenvalue weighted by molar-refractivity contribution is 7.91. The third-order valence-electron chi connectivity index (χ3n) is 4.30. The molecule has 1 aromatic heterocycles. The van der Waals surface area contributed by atoms with Gasteiger partial charge in [0, 0.05) is 5.92 Å². The molecule has 0 aliphatic rings. The number of nitrogens with one attached hydrogen (secondary N) is 2. The molecule has 1 heterocycles. The van der Waals surface area contributed by atoms with Gasteiger partial charge in [-0.25, -0.2) is 8.42 Å². The Labute approximate surface area is 174 Å². The van der Waals surface area contributed by atoms with E-state index in [2.05, 4.69) is 20.2 Å². The Kier molecular flexibility index (Phi) is 6.41. The van der Waals surface area contributed by atoms with Gasteiger partial charge in [-0.1, -0.05) is 79.8 Å². The summed E-state index contributed by atoms with van der Waals surface area (Å²) >= 11 is 0.817. The van der Waals surface area contributed by atoms with Gasteiger partial charge in [0.25, 0.3) is 10.0 Å². The van der Waals surface area contributed by atoms with Gasteiger partial charge in [0.05, 0.1) is 6.04 Å². The Hall–Kier alpha value is -2.62. The molecule has 0 fully saturated rings. The average molecular weight is 431 g/mol. The number of anilines is 1. The van der Waals surface area contributed by atoms with Crippen LogP contribution in [0.4, 0.5) is 5.13 Å². The van der Waals surface area contributed by atoms with Crippen molar-refractivity contribution in [3.63, 3.8) is 0 Å². The molecule has 0 saturated heterocycles. The zero-order valence-electron chi connectivity index (χ0n) is 16.3. The molecule has 29 heavy (non-hydrogen) atoms. The molecule has 7 nitrogen and oxygen atoms in total. The highest BCUT2D eigenvalue weighted by Crippen LogP contribution is 2.28. The van der Waals surface area contributed by atoms with Crippen molar-refractivity contribution in [3.8, 4) is 0 Å². The van der Waals surface area contributed by atoms with Crippen LogP contribution in [0.25, 0.3) is 0 Å². The minimum atomic E-state index is -3.96. The zero-order chi connectivity index (χ0) is 21.0. The molecule has 3 rings (SSSR count). The molecule has 0 spiro atoms. The quantitative estimate of drug-likeness (QED) is 0.559. The van der Waals surface area contributed by atoms with E-state index in [9.17, 15) is 13.2 Å². The lowest BCUT2D eigenvalue weighted by molar-refractivity contribution is -0.118. The van der Waals surface area contributed by atoms with Crippen LogP contribution in [0.3, 0.4) is 0 Å². The Morgan fingerprint density at radius 3 is 2.31 bits per heavy atom. The standard InChI is InChI=1S/C20H22N4O3S2/c1-13(2)18(25)21-19-22-23-20(28-19)29(26,27)24-17(15-10-5-4-6-11-15)16-12-8-7-9-14(16)3/h4-13,17,24H,1-3H3,(H,21,22,25)/t17-/m1/s1. The smallest absolute Gasteiger partial charge is 0.270 e. The summed E-state index contributed by atoms with van der Waals surface area (Å²) in [6.45, 7) is 5.41. The molecule has 0 unspecified atom stereocenters. The summed E-state index contributed by atoms with van der Waals surface area (Å²) in [5, 5.41) is 10.3. The molecule has 9 heteroatoms. The molecule has 1 atom stereocenters. The van der Waals surface area contributed by atoms with Gasteiger partial charge >= 0.3 is 0 Å². The van der Waals surface area contributed by atoms with Crippen molar-refractivity contribution in [3.05, 3.63) is 71.3 Å². The van der Waals surface area contributed by atoms with Crippen LogP contribution in [0.2, 0.25) is 0 Å². The van der Waals surface area contributed by atoms with Crippen LogP contribution in [0.1, 0.15) is 36.6 Å². The van der Waals surface area contributed by atoms with E-state index in [1.807, 2.05) is 61.5 Å². The number of nitrogens with zero attached hydrogens (tertiary/aromatic N) is 2. The van der Waals surface area contributed by atoms with Crippen molar-refractivity contribution in [2.24, 2.45) is 5.92 Å². The molecule has 0 aliphatic carbocycles. The number of amides is 1. The number of aryl methyl sites for hydroxylation is 1. The molecule has 3 aromatic rings. The fourth-order valence-electron chi connectivity index (χ4n) is 2.69. The summed E-state index contributed by atoms with van der Waals surface area (Å²) in [4.78, 5) is 11.8. The number of carbonyl (C=O) groups is 1. The molecule has 1 amide bonds. The summed E-state index contributed by atoms with van der Waals surface area (Å²) in [6.07, 6.45) is 0. The number of benzene rings is 2. The van der Waals surface area contributed by atoms with Crippen molar-refractivity contribution in [2.75, 3.05) is 5.32 Å². The van der Waals surface area contributed by atoms with Crippen LogP contribution in [0, 0.1) is 12.8 Å². The number of hydrogen-bond donors (Lipinski definition) is 2. The Morgan fingerprint density at radius 2 is 1.66 bits per heavy atom. The SMILES string of the molecule is Cc1ccccc1[C@H](NS(=O)(=O)c1nnc(NC(=O)C(C)C)s1)c1ccccc1. The predicted molar refractivity (Wildman–Crippen MR) is 113 cm³/mol. The summed E-state index contributed by atoms with van der Waals surface area (Å²) < 4.78 is 28.6. The van der Waals surface area contributed by atoms with E-state index in [4.69, 9.17) is 0 Å². The van der Waals surface area contributed by atoms with Crippen LogP contribution < -0.4 is 10.0 Å². The van der Waals surface area contributed by atoms with Gasteiger partial charge in [0.15, 0.2) is 0 Å². The summed E-state index contributed by atoms with van der Waals surface area (Å²) in [6, 6.07) is 16.4. The van der Waals surface area contributed by atoms with Crippen molar-refractivity contribution >= 4 is 32.4 Å². The molecule has 0 aliphatic heterocycles. The third-order valence-corrected chi connectivity index (χ3v) is 6.93. The Bertz CT molecular complexity index is 1100. The third kappa shape index (κ3) is 5.06. The van der Waals surface area contributed by atoms with Crippen molar-refractivity contribution in [2.45, 2.75) is 31.2 Å². The monoisotopic (exact) mass is 430 g/mol. The van der Waals surface area contributed by atoms with Gasteiger partial charge in [-0.2, -0.15) is 4.72 Å². The summed E-state index contributed by atoms with van der Waals surface area (Å²) in [5.41, 5.74) is 2.62. The largest absolute Gasteiger partial charge is 0.300 e. The minimum Gasteiger partial charge on any atom is -0.300 e. The van der Waals surface area contributed by atoms with E-state index in [1.54, 1.807) is 13.8 Å². The van der Waals surface area contributed by atoms with Crippen LogP contribution >= 0.6 is 11.3 Å². The highest BCUT2D eigenvalue weighted by Gasteiger charge is 2.27. The van der Waals surface area contributed by atoms with E-state index in [-0.39, 0.29) is 21.3 Å². The lowest BCUT2D eigenvalue weighted by Gasteiger charge is -2.20.